The molecule has 1 heterocycles. The highest BCUT2D eigenvalue weighted by Gasteiger charge is 2.07. The minimum absolute atomic E-state index is 0.238. The molecule has 0 aliphatic heterocycles. The van der Waals surface area contributed by atoms with Gasteiger partial charge in [-0.3, -0.25) is 14.2 Å². The molecule has 1 aromatic carbocycles. The van der Waals surface area contributed by atoms with Crippen LogP contribution in [0.3, 0.4) is 0 Å². The number of carbonyl (C=O) groups excluding carboxylic acids is 1. The zero-order valence-corrected chi connectivity index (χ0v) is 13.0. The lowest BCUT2D eigenvalue weighted by Crippen LogP contribution is -2.25. The maximum absolute atomic E-state index is 12.0. The largest absolute Gasteiger partial charge is 0.352 e. The van der Waals surface area contributed by atoms with E-state index >= 15 is 0 Å². The van der Waals surface area contributed by atoms with Crippen molar-refractivity contribution in [1.29, 1.82) is 0 Å². The Kier molecular flexibility index (Phi) is 5.16. The minimum atomic E-state index is -3.36. The van der Waals surface area contributed by atoms with Crippen molar-refractivity contribution < 1.29 is 13.2 Å². The monoisotopic (exact) mass is 322 g/mol. The lowest BCUT2D eigenvalue weighted by molar-refractivity contribution is 0.0952. The molecule has 0 fully saturated rings. The quantitative estimate of drug-likeness (QED) is 0.746. The van der Waals surface area contributed by atoms with Crippen molar-refractivity contribution >= 4 is 21.6 Å². The fraction of sp³-hybridized carbons (Fsp3) is 0.286. The summed E-state index contributed by atoms with van der Waals surface area (Å²) in [6.07, 6.45) is 5.39. The molecule has 8 heteroatoms. The zero-order valence-electron chi connectivity index (χ0n) is 12.2. The van der Waals surface area contributed by atoms with Crippen molar-refractivity contribution in [2.24, 2.45) is 0 Å². The third kappa shape index (κ3) is 5.21. The summed E-state index contributed by atoms with van der Waals surface area (Å²) in [4.78, 5) is 12.0. The summed E-state index contributed by atoms with van der Waals surface area (Å²) in [5.41, 5.74) is 0.777. The fourth-order valence-corrected chi connectivity index (χ4v) is 2.47. The second-order valence-corrected chi connectivity index (χ2v) is 6.58. The Bertz CT molecular complexity index is 726. The maximum atomic E-state index is 12.0. The van der Waals surface area contributed by atoms with Gasteiger partial charge in [0, 0.05) is 36.7 Å². The standard InChI is InChI=1S/C14H18N4O3S/c1-22(20,21)17-13-6-2-5-12(11-13)14(19)15-7-3-9-18-10-4-8-16-18/h2,4-6,8,10-11,17H,3,7,9H2,1H3,(H,15,19). The molecule has 0 unspecified atom stereocenters. The van der Waals surface area contributed by atoms with E-state index in [1.165, 1.54) is 6.07 Å². The number of aromatic nitrogens is 2. The van der Waals surface area contributed by atoms with E-state index in [0.29, 0.717) is 17.8 Å². The zero-order chi connectivity index (χ0) is 16.0. The van der Waals surface area contributed by atoms with Crippen molar-refractivity contribution in [1.82, 2.24) is 15.1 Å². The molecule has 0 atom stereocenters. The summed E-state index contributed by atoms with van der Waals surface area (Å²) in [6, 6.07) is 8.21. The Morgan fingerprint density at radius 3 is 2.82 bits per heavy atom. The molecule has 0 saturated carbocycles. The average molecular weight is 322 g/mol. The van der Waals surface area contributed by atoms with Gasteiger partial charge in [-0.1, -0.05) is 6.07 Å². The summed E-state index contributed by atoms with van der Waals surface area (Å²) in [6.45, 7) is 1.24. The van der Waals surface area contributed by atoms with Crippen LogP contribution in [0, 0.1) is 0 Å². The van der Waals surface area contributed by atoms with Gasteiger partial charge < -0.3 is 5.32 Å². The SMILES string of the molecule is CS(=O)(=O)Nc1cccc(C(=O)NCCCn2cccn2)c1. The Morgan fingerprint density at radius 1 is 1.32 bits per heavy atom. The van der Waals surface area contributed by atoms with Crippen LogP contribution in [-0.4, -0.2) is 36.9 Å². The number of sulfonamides is 1. The van der Waals surface area contributed by atoms with E-state index in [1.54, 1.807) is 29.1 Å². The van der Waals surface area contributed by atoms with Crippen LogP contribution in [0.2, 0.25) is 0 Å². The Balaban J connectivity index is 1.85. The van der Waals surface area contributed by atoms with Crippen molar-refractivity contribution in [3.63, 3.8) is 0 Å². The first-order chi connectivity index (χ1) is 10.4. The molecule has 2 N–H and O–H groups in total. The van der Waals surface area contributed by atoms with Gasteiger partial charge >= 0.3 is 0 Å². The molecule has 1 amide bonds. The summed E-state index contributed by atoms with van der Waals surface area (Å²) >= 11 is 0. The molecule has 0 aliphatic rings. The molecular formula is C14H18N4O3S. The minimum Gasteiger partial charge on any atom is -0.352 e. The smallest absolute Gasteiger partial charge is 0.251 e. The fourth-order valence-electron chi connectivity index (χ4n) is 1.92. The van der Waals surface area contributed by atoms with Gasteiger partial charge in [0.05, 0.1) is 6.26 Å². The van der Waals surface area contributed by atoms with Gasteiger partial charge in [-0.15, -0.1) is 0 Å². The van der Waals surface area contributed by atoms with Gasteiger partial charge in [0.25, 0.3) is 5.91 Å². The predicted octanol–water partition coefficient (Wildman–Crippen LogP) is 1.07. The van der Waals surface area contributed by atoms with E-state index < -0.39 is 10.0 Å². The first kappa shape index (κ1) is 16.0. The van der Waals surface area contributed by atoms with E-state index in [2.05, 4.69) is 15.1 Å². The number of hydrogen-bond donors (Lipinski definition) is 2. The van der Waals surface area contributed by atoms with Crippen molar-refractivity contribution in [3.05, 3.63) is 48.3 Å². The van der Waals surface area contributed by atoms with Crippen LogP contribution in [0.25, 0.3) is 0 Å². The highest BCUT2D eigenvalue weighted by Crippen LogP contribution is 2.11. The number of carbonyl (C=O) groups is 1. The summed E-state index contributed by atoms with van der Waals surface area (Å²) in [7, 11) is -3.36. The van der Waals surface area contributed by atoms with Crippen molar-refractivity contribution in [2.75, 3.05) is 17.5 Å². The lowest BCUT2D eigenvalue weighted by atomic mass is 10.2. The van der Waals surface area contributed by atoms with E-state index in [9.17, 15) is 13.2 Å². The molecule has 0 aliphatic carbocycles. The van der Waals surface area contributed by atoms with Gasteiger partial charge in [-0.2, -0.15) is 5.10 Å². The lowest BCUT2D eigenvalue weighted by Gasteiger charge is -2.08. The van der Waals surface area contributed by atoms with Crippen LogP contribution in [0.4, 0.5) is 5.69 Å². The number of nitrogens with zero attached hydrogens (tertiary/aromatic N) is 2. The van der Waals surface area contributed by atoms with Crippen LogP contribution < -0.4 is 10.0 Å². The molecule has 118 valence electrons. The molecule has 0 bridgehead atoms. The Hall–Kier alpha value is -2.35. The molecule has 22 heavy (non-hydrogen) atoms. The number of hydrogen-bond acceptors (Lipinski definition) is 4. The number of aryl methyl sites for hydroxylation is 1. The summed E-state index contributed by atoms with van der Waals surface area (Å²) in [5.74, 6) is -0.238. The second kappa shape index (κ2) is 7.08. The molecule has 2 aromatic rings. The van der Waals surface area contributed by atoms with E-state index in [0.717, 1.165) is 19.2 Å². The number of amides is 1. The highest BCUT2D eigenvalue weighted by molar-refractivity contribution is 7.92. The average Bonchev–Trinajstić information content (AvgIpc) is 2.95. The van der Waals surface area contributed by atoms with Crippen molar-refractivity contribution in [2.45, 2.75) is 13.0 Å². The van der Waals surface area contributed by atoms with Gasteiger partial charge in [-0.05, 0) is 30.7 Å². The second-order valence-electron chi connectivity index (χ2n) is 4.83. The molecule has 1 aromatic heterocycles. The van der Waals surface area contributed by atoms with Crippen LogP contribution in [0.15, 0.2) is 42.7 Å². The van der Waals surface area contributed by atoms with E-state index in [1.807, 2.05) is 12.3 Å². The third-order valence-corrected chi connectivity index (χ3v) is 3.44. The summed E-state index contributed by atoms with van der Waals surface area (Å²) in [5, 5.41) is 6.87. The van der Waals surface area contributed by atoms with Gasteiger partial charge in [-0.25, -0.2) is 8.42 Å². The Labute approximate surface area is 129 Å². The van der Waals surface area contributed by atoms with Gasteiger partial charge in [0.1, 0.15) is 0 Å². The molecule has 0 spiro atoms. The number of rotatable bonds is 7. The number of nitrogens with one attached hydrogen (secondary N) is 2. The third-order valence-electron chi connectivity index (χ3n) is 2.84. The Morgan fingerprint density at radius 2 is 2.14 bits per heavy atom. The number of benzene rings is 1. The first-order valence-electron chi connectivity index (χ1n) is 6.77. The van der Waals surface area contributed by atoms with Gasteiger partial charge in [0.2, 0.25) is 10.0 Å². The summed E-state index contributed by atoms with van der Waals surface area (Å²) < 4.78 is 26.5. The van der Waals surface area contributed by atoms with Crippen LogP contribution in [-0.2, 0) is 16.6 Å². The molecule has 0 saturated heterocycles. The molecule has 2 rings (SSSR count). The van der Waals surface area contributed by atoms with Crippen LogP contribution in [0.1, 0.15) is 16.8 Å². The molecular weight excluding hydrogens is 304 g/mol. The topological polar surface area (TPSA) is 93.1 Å². The molecule has 7 nitrogen and oxygen atoms in total. The normalized spacial score (nSPS) is 11.1. The van der Waals surface area contributed by atoms with E-state index in [-0.39, 0.29) is 5.91 Å². The van der Waals surface area contributed by atoms with Gasteiger partial charge in [0.15, 0.2) is 0 Å². The van der Waals surface area contributed by atoms with Crippen LogP contribution >= 0.6 is 0 Å². The maximum Gasteiger partial charge on any atom is 0.251 e. The van der Waals surface area contributed by atoms with E-state index in [4.69, 9.17) is 0 Å². The molecule has 0 radical (unpaired) electrons. The first-order valence-corrected chi connectivity index (χ1v) is 8.67. The highest BCUT2D eigenvalue weighted by atomic mass is 32.2. The predicted molar refractivity (Wildman–Crippen MR) is 84.1 cm³/mol. The number of anilines is 1. The van der Waals surface area contributed by atoms with Crippen LogP contribution in [0.5, 0.6) is 0 Å². The van der Waals surface area contributed by atoms with Crippen molar-refractivity contribution in [3.8, 4) is 0 Å².